The molecule has 1 aliphatic carbocycles. The Kier molecular flexibility index (Phi) is 3.79. The molecule has 2 aliphatic heterocycles. The normalized spacial score (nSPS) is 23.4. The third kappa shape index (κ3) is 2.87. The highest BCUT2D eigenvalue weighted by molar-refractivity contribution is 5.81. The predicted octanol–water partition coefficient (Wildman–Crippen LogP) is 0.777. The fourth-order valence-corrected chi connectivity index (χ4v) is 4.46. The molecular formula is C20H21FN4O3. The average Bonchev–Trinajstić information content (AvgIpc) is 3.36. The molecule has 2 aromatic rings. The molecule has 0 radical (unpaired) electrons. The van der Waals surface area contributed by atoms with Crippen molar-refractivity contribution in [1.29, 1.82) is 0 Å². The fraction of sp³-hybridized carbons (Fsp3) is 0.500. The Morgan fingerprint density at radius 2 is 1.89 bits per heavy atom. The Morgan fingerprint density at radius 1 is 1.14 bits per heavy atom. The lowest BCUT2D eigenvalue weighted by Gasteiger charge is -2.22. The van der Waals surface area contributed by atoms with Gasteiger partial charge < -0.3 is 4.90 Å². The molecule has 1 saturated carbocycles. The number of likely N-dealkylation sites (tertiary alicyclic amines) is 1. The molecule has 0 bridgehead atoms. The molecule has 3 aliphatic rings. The van der Waals surface area contributed by atoms with Gasteiger partial charge in [-0.05, 0) is 37.0 Å². The van der Waals surface area contributed by atoms with E-state index in [2.05, 4.69) is 5.10 Å². The Morgan fingerprint density at radius 3 is 2.61 bits per heavy atom. The number of hydrogen-bond acceptors (Lipinski definition) is 4. The lowest BCUT2D eigenvalue weighted by atomic mass is 9.86. The lowest BCUT2D eigenvalue weighted by molar-refractivity contribution is -0.131. The Hall–Kier alpha value is -2.77. The van der Waals surface area contributed by atoms with Gasteiger partial charge in [-0.15, -0.1) is 0 Å². The first kappa shape index (κ1) is 17.3. The Bertz CT molecular complexity index is 1070. The number of carbonyl (C=O) groups is 1. The number of rotatable bonds is 3. The number of aromatic nitrogens is 3. The van der Waals surface area contributed by atoms with E-state index in [9.17, 15) is 18.8 Å². The third-order valence-corrected chi connectivity index (χ3v) is 6.16. The number of fused-ring (bicyclic) bond motifs is 1. The zero-order valence-corrected chi connectivity index (χ0v) is 15.4. The van der Waals surface area contributed by atoms with E-state index in [1.54, 1.807) is 12.1 Å². The summed E-state index contributed by atoms with van der Waals surface area (Å²) in [4.78, 5) is 39.4. The number of nitrogens with zero attached hydrogens (tertiary/aromatic N) is 4. The van der Waals surface area contributed by atoms with Crippen LogP contribution in [0, 0.1) is 17.2 Å². The maximum atomic E-state index is 13.1. The maximum Gasteiger partial charge on any atom is 0.332 e. The van der Waals surface area contributed by atoms with E-state index in [0.29, 0.717) is 37.4 Å². The second-order valence-electron chi connectivity index (χ2n) is 8.36. The molecule has 1 atom stereocenters. The number of amides is 1. The summed E-state index contributed by atoms with van der Waals surface area (Å²) in [5.74, 6) is 0.647. The largest absolute Gasteiger partial charge is 0.342 e. The number of carbonyl (C=O) groups excluding carboxylic acids is 1. The molecule has 1 aromatic heterocycles. The summed E-state index contributed by atoms with van der Waals surface area (Å²) in [7, 11) is 0. The van der Waals surface area contributed by atoms with Gasteiger partial charge in [-0.3, -0.25) is 19.0 Å². The van der Waals surface area contributed by atoms with Crippen LogP contribution < -0.4 is 11.1 Å². The zero-order valence-electron chi connectivity index (χ0n) is 15.4. The highest BCUT2D eigenvalue weighted by Gasteiger charge is 2.47. The SMILES string of the molecule is O=C(C1CC1)N1CC[C@]2(Cc3nn(Cc4ccc(F)cc4)c(=O)c(=O)n3C2)C1. The van der Waals surface area contributed by atoms with Gasteiger partial charge in [0, 0.05) is 37.4 Å². The van der Waals surface area contributed by atoms with Crippen molar-refractivity contribution < 1.29 is 9.18 Å². The van der Waals surface area contributed by atoms with Crippen molar-refractivity contribution in [2.45, 2.75) is 38.8 Å². The van der Waals surface area contributed by atoms with Crippen LogP contribution in [-0.2, 0) is 24.3 Å². The van der Waals surface area contributed by atoms with Crippen molar-refractivity contribution in [2.75, 3.05) is 13.1 Å². The van der Waals surface area contributed by atoms with Crippen LogP contribution in [0.25, 0.3) is 0 Å². The molecule has 7 nitrogen and oxygen atoms in total. The van der Waals surface area contributed by atoms with E-state index in [0.717, 1.165) is 19.3 Å². The summed E-state index contributed by atoms with van der Waals surface area (Å²) in [5.41, 5.74) is -0.745. The van der Waals surface area contributed by atoms with Gasteiger partial charge in [-0.2, -0.15) is 5.10 Å². The first-order valence-electron chi connectivity index (χ1n) is 9.68. The van der Waals surface area contributed by atoms with Crippen LogP contribution >= 0.6 is 0 Å². The van der Waals surface area contributed by atoms with Crippen LogP contribution in [0.5, 0.6) is 0 Å². The van der Waals surface area contributed by atoms with Crippen LogP contribution in [0.2, 0.25) is 0 Å². The number of halogens is 1. The van der Waals surface area contributed by atoms with E-state index < -0.39 is 11.1 Å². The van der Waals surface area contributed by atoms with Crippen molar-refractivity contribution in [3.8, 4) is 0 Å². The van der Waals surface area contributed by atoms with Gasteiger partial charge in [0.2, 0.25) is 5.91 Å². The summed E-state index contributed by atoms with van der Waals surface area (Å²) < 4.78 is 15.7. The summed E-state index contributed by atoms with van der Waals surface area (Å²) >= 11 is 0. The van der Waals surface area contributed by atoms with E-state index >= 15 is 0 Å². The maximum absolute atomic E-state index is 13.1. The molecule has 1 saturated heterocycles. The van der Waals surface area contributed by atoms with E-state index in [4.69, 9.17) is 0 Å². The molecule has 0 unspecified atom stereocenters. The second-order valence-corrected chi connectivity index (χ2v) is 8.36. The molecule has 0 N–H and O–H groups in total. The van der Waals surface area contributed by atoms with Crippen LogP contribution in [-0.4, -0.2) is 38.2 Å². The zero-order chi connectivity index (χ0) is 19.5. The molecule has 28 heavy (non-hydrogen) atoms. The van der Waals surface area contributed by atoms with Gasteiger partial charge >= 0.3 is 11.1 Å². The summed E-state index contributed by atoms with van der Waals surface area (Å²) in [5, 5.41) is 4.44. The first-order valence-corrected chi connectivity index (χ1v) is 9.68. The van der Waals surface area contributed by atoms with E-state index in [-0.39, 0.29) is 29.6 Å². The Balaban J connectivity index is 1.41. The summed E-state index contributed by atoms with van der Waals surface area (Å²) in [6.07, 6.45) is 3.36. The fourth-order valence-electron chi connectivity index (χ4n) is 4.46. The van der Waals surface area contributed by atoms with Gasteiger partial charge in [0.05, 0.1) is 6.54 Å². The first-order chi connectivity index (χ1) is 13.4. The molecule has 2 fully saturated rings. The van der Waals surface area contributed by atoms with Crippen molar-refractivity contribution in [1.82, 2.24) is 19.2 Å². The lowest BCUT2D eigenvalue weighted by Crippen LogP contribution is -2.43. The monoisotopic (exact) mass is 384 g/mol. The minimum absolute atomic E-state index is 0.126. The van der Waals surface area contributed by atoms with Gasteiger partial charge in [0.15, 0.2) is 0 Å². The van der Waals surface area contributed by atoms with Gasteiger partial charge in [-0.25, -0.2) is 9.07 Å². The van der Waals surface area contributed by atoms with Crippen LogP contribution in [0.3, 0.4) is 0 Å². The minimum Gasteiger partial charge on any atom is -0.342 e. The molecule has 8 heteroatoms. The highest BCUT2D eigenvalue weighted by atomic mass is 19.1. The molecule has 3 heterocycles. The predicted molar refractivity (Wildman–Crippen MR) is 98.3 cm³/mol. The van der Waals surface area contributed by atoms with Crippen LogP contribution in [0.4, 0.5) is 4.39 Å². The summed E-state index contributed by atoms with van der Waals surface area (Å²) in [6, 6.07) is 5.79. The van der Waals surface area contributed by atoms with E-state index in [1.807, 2.05) is 4.90 Å². The second kappa shape index (κ2) is 6.12. The highest BCUT2D eigenvalue weighted by Crippen LogP contribution is 2.41. The standard InChI is InChI=1S/C20H21FN4O3/c21-15-5-1-13(2-6-15)10-25-19(28)18(27)24-12-20(9-16(24)22-25)7-8-23(11-20)17(26)14-3-4-14/h1-2,5-6,14H,3-4,7-12H2/t20-/m0/s1. The van der Waals surface area contributed by atoms with Crippen LogP contribution in [0.1, 0.15) is 30.7 Å². The Labute approximate surface area is 160 Å². The third-order valence-electron chi connectivity index (χ3n) is 6.16. The minimum atomic E-state index is -0.672. The number of hydrogen-bond donors (Lipinski definition) is 0. The number of benzene rings is 1. The van der Waals surface area contributed by atoms with Gasteiger partial charge in [0.25, 0.3) is 0 Å². The van der Waals surface area contributed by atoms with Crippen LogP contribution in [0.15, 0.2) is 33.9 Å². The van der Waals surface area contributed by atoms with Crippen molar-refractivity contribution in [3.63, 3.8) is 0 Å². The van der Waals surface area contributed by atoms with Gasteiger partial charge in [-0.1, -0.05) is 12.1 Å². The molecule has 1 aromatic carbocycles. The molecule has 1 amide bonds. The molecule has 5 rings (SSSR count). The molecular weight excluding hydrogens is 363 g/mol. The van der Waals surface area contributed by atoms with Gasteiger partial charge in [0.1, 0.15) is 11.6 Å². The molecule has 146 valence electrons. The topological polar surface area (TPSA) is 77.2 Å². The van der Waals surface area contributed by atoms with Crippen molar-refractivity contribution >= 4 is 5.91 Å². The average molecular weight is 384 g/mol. The van der Waals surface area contributed by atoms with Crippen molar-refractivity contribution in [3.05, 3.63) is 62.2 Å². The summed E-state index contributed by atoms with van der Waals surface area (Å²) in [6.45, 7) is 1.89. The van der Waals surface area contributed by atoms with E-state index in [1.165, 1.54) is 21.4 Å². The quantitative estimate of drug-likeness (QED) is 0.733. The van der Waals surface area contributed by atoms with Crippen molar-refractivity contribution in [2.24, 2.45) is 11.3 Å². The smallest absolute Gasteiger partial charge is 0.332 e. The molecule has 1 spiro atoms.